The normalized spacial score (nSPS) is 13.2. The topological polar surface area (TPSA) is 171 Å². The molecule has 204 valence electrons. The lowest BCUT2D eigenvalue weighted by Crippen LogP contribution is -2.33. The number of hydrogen-bond acceptors (Lipinski definition) is 11. The number of nitriles is 1. The van der Waals surface area contributed by atoms with Crippen molar-refractivity contribution in [2.24, 2.45) is 0 Å². The van der Waals surface area contributed by atoms with E-state index in [1.807, 2.05) is 18.8 Å². The number of carbonyl (C=O) groups excluding carboxylic acids is 1. The van der Waals surface area contributed by atoms with Crippen LogP contribution in [0.3, 0.4) is 0 Å². The van der Waals surface area contributed by atoms with Gasteiger partial charge in [-0.25, -0.2) is 9.59 Å². The fourth-order valence-corrected chi connectivity index (χ4v) is 4.33. The highest BCUT2D eigenvalue weighted by atomic mass is 35.5. The van der Waals surface area contributed by atoms with Gasteiger partial charge in [0.15, 0.2) is 5.75 Å². The van der Waals surface area contributed by atoms with Crippen LogP contribution in [-0.4, -0.2) is 44.0 Å². The molecule has 13 nitrogen and oxygen atoms in total. The summed E-state index contributed by atoms with van der Waals surface area (Å²) in [7, 11) is 0. The maximum Gasteiger partial charge on any atom is 0.511 e. The van der Waals surface area contributed by atoms with Crippen molar-refractivity contribution in [3.05, 3.63) is 60.3 Å². The number of rotatable bonds is 8. The van der Waals surface area contributed by atoms with Gasteiger partial charge >= 0.3 is 11.8 Å². The van der Waals surface area contributed by atoms with Crippen molar-refractivity contribution in [1.82, 2.24) is 25.0 Å². The Balaban J connectivity index is 1.49. The lowest BCUT2D eigenvalue weighted by Gasteiger charge is -2.15. The Labute approximate surface area is 231 Å². The van der Waals surface area contributed by atoms with Crippen LogP contribution in [0.1, 0.15) is 56.7 Å². The van der Waals surface area contributed by atoms with Gasteiger partial charge in [-0.2, -0.15) is 9.94 Å². The average Bonchev–Trinajstić information content (AvgIpc) is 3.39. The van der Waals surface area contributed by atoms with Crippen LogP contribution in [0.15, 0.2) is 27.8 Å². The summed E-state index contributed by atoms with van der Waals surface area (Å²) >= 11 is 12.7. The second-order valence-corrected chi connectivity index (χ2v) is 9.57. The largest absolute Gasteiger partial charge is 0.511 e. The summed E-state index contributed by atoms with van der Waals surface area (Å²) < 4.78 is 22.3. The minimum Gasteiger partial charge on any atom is -0.438 e. The van der Waals surface area contributed by atoms with E-state index in [2.05, 4.69) is 15.3 Å². The molecule has 0 amide bonds. The monoisotopic (exact) mass is 576 g/mol. The molecule has 15 heteroatoms. The van der Waals surface area contributed by atoms with Crippen molar-refractivity contribution in [2.45, 2.75) is 51.6 Å². The second-order valence-electron chi connectivity index (χ2n) is 8.75. The van der Waals surface area contributed by atoms with E-state index in [1.165, 1.54) is 12.1 Å². The molecule has 1 saturated carbocycles. The predicted molar refractivity (Wildman–Crippen MR) is 137 cm³/mol. The Morgan fingerprint density at radius 1 is 1.18 bits per heavy atom. The van der Waals surface area contributed by atoms with Crippen LogP contribution in [0.5, 0.6) is 17.5 Å². The third-order valence-electron chi connectivity index (χ3n) is 5.69. The molecular weight excluding hydrogens is 555 g/mol. The quantitative estimate of drug-likeness (QED) is 0.300. The Bertz CT molecular complexity index is 1520. The number of halogens is 2. The molecule has 2 aromatic heterocycles. The first-order chi connectivity index (χ1) is 18.7. The summed E-state index contributed by atoms with van der Waals surface area (Å²) in [6.45, 7) is 3.37. The average molecular weight is 577 g/mol. The lowest BCUT2D eigenvalue weighted by molar-refractivity contribution is -0.0155. The number of aromatic nitrogens is 5. The minimum atomic E-state index is -0.918. The number of hydrogen-bond donors (Lipinski definition) is 1. The molecule has 0 radical (unpaired) electrons. The Morgan fingerprint density at radius 2 is 1.87 bits per heavy atom. The van der Waals surface area contributed by atoms with Crippen LogP contribution in [0.2, 0.25) is 10.0 Å². The Hall–Kier alpha value is -4.15. The zero-order chi connectivity index (χ0) is 28.1. The zero-order valence-electron chi connectivity index (χ0n) is 20.8. The molecule has 1 fully saturated rings. The molecule has 0 atom stereocenters. The predicted octanol–water partition coefficient (Wildman–Crippen LogP) is 4.24. The number of H-pyrrole nitrogens is 1. The highest BCUT2D eigenvalue weighted by Crippen LogP contribution is 2.38. The van der Waals surface area contributed by atoms with Gasteiger partial charge in [-0.3, -0.25) is 9.78 Å². The number of nitrogens with zero attached hydrogens (tertiary/aromatic N) is 5. The van der Waals surface area contributed by atoms with E-state index in [4.69, 9.17) is 47.4 Å². The van der Waals surface area contributed by atoms with Gasteiger partial charge in [-0.05, 0) is 43.7 Å². The van der Waals surface area contributed by atoms with Gasteiger partial charge in [0.25, 0.3) is 5.56 Å². The second kappa shape index (κ2) is 12.1. The summed E-state index contributed by atoms with van der Waals surface area (Å²) in [5.74, 6) is 0.102. The number of carbonyl (C=O) groups is 1. The fourth-order valence-electron chi connectivity index (χ4n) is 3.78. The van der Waals surface area contributed by atoms with Gasteiger partial charge in [0.1, 0.15) is 12.2 Å². The minimum absolute atomic E-state index is 0.00993. The van der Waals surface area contributed by atoms with Crippen molar-refractivity contribution >= 4 is 29.4 Å². The highest BCUT2D eigenvalue weighted by molar-refractivity contribution is 6.37. The van der Waals surface area contributed by atoms with Gasteiger partial charge in [-0.15, -0.1) is 15.3 Å². The van der Waals surface area contributed by atoms with Crippen LogP contribution >= 0.6 is 23.2 Å². The van der Waals surface area contributed by atoms with E-state index in [0.717, 1.165) is 30.4 Å². The van der Waals surface area contributed by atoms with Crippen LogP contribution in [-0.2, 0) is 9.47 Å². The first kappa shape index (κ1) is 27.9. The van der Waals surface area contributed by atoms with Crippen molar-refractivity contribution in [3.63, 3.8) is 0 Å². The van der Waals surface area contributed by atoms with Crippen LogP contribution in [0, 0.1) is 11.3 Å². The SMILES string of the molecule is CC(C)c1cc(Oc2c(Cl)cc(-n3nc(C#N)c(=O)[nH]c3=O)cc2Cl)nnc1OCOC(=O)OC1CCCC1. The molecular formula is C24H22Cl2N6O7. The number of nitrogens with one attached hydrogen (secondary N) is 1. The zero-order valence-corrected chi connectivity index (χ0v) is 22.3. The smallest absolute Gasteiger partial charge is 0.438 e. The van der Waals surface area contributed by atoms with E-state index < -0.39 is 29.9 Å². The maximum absolute atomic E-state index is 12.2. The highest BCUT2D eigenvalue weighted by Gasteiger charge is 2.21. The van der Waals surface area contributed by atoms with Crippen LogP contribution in [0.25, 0.3) is 5.69 Å². The maximum atomic E-state index is 12.2. The molecule has 3 aromatic rings. The summed E-state index contributed by atoms with van der Waals surface area (Å²) in [6.07, 6.45) is 2.75. The van der Waals surface area contributed by atoms with Crippen molar-refractivity contribution in [1.29, 1.82) is 5.26 Å². The lowest BCUT2D eigenvalue weighted by atomic mass is 10.1. The first-order valence-electron chi connectivity index (χ1n) is 11.8. The summed E-state index contributed by atoms with van der Waals surface area (Å²) in [5.41, 5.74) is -1.64. The molecule has 1 aromatic carbocycles. The summed E-state index contributed by atoms with van der Waals surface area (Å²) in [6, 6.07) is 5.79. The van der Waals surface area contributed by atoms with Crippen molar-refractivity contribution in [3.8, 4) is 29.3 Å². The molecule has 0 saturated heterocycles. The third kappa shape index (κ3) is 6.65. The Kier molecular flexibility index (Phi) is 8.68. The molecule has 4 rings (SSSR count). The Morgan fingerprint density at radius 3 is 2.51 bits per heavy atom. The van der Waals surface area contributed by atoms with Gasteiger partial charge in [0, 0.05) is 11.6 Å². The van der Waals surface area contributed by atoms with Crippen molar-refractivity contribution < 1.29 is 23.7 Å². The fraction of sp³-hybridized carbons (Fsp3) is 0.375. The van der Waals surface area contributed by atoms with Gasteiger partial charge in [-0.1, -0.05) is 37.0 Å². The van der Waals surface area contributed by atoms with Gasteiger partial charge < -0.3 is 18.9 Å². The van der Waals surface area contributed by atoms with E-state index >= 15 is 0 Å². The van der Waals surface area contributed by atoms with Crippen LogP contribution in [0.4, 0.5) is 4.79 Å². The molecule has 0 spiro atoms. The van der Waals surface area contributed by atoms with E-state index in [9.17, 15) is 14.4 Å². The molecule has 0 unspecified atom stereocenters. The molecule has 39 heavy (non-hydrogen) atoms. The number of ether oxygens (including phenoxy) is 4. The van der Waals surface area contributed by atoms with Gasteiger partial charge in [0.2, 0.25) is 24.2 Å². The third-order valence-corrected chi connectivity index (χ3v) is 6.25. The molecule has 0 bridgehead atoms. The number of aromatic amines is 1. The molecule has 0 aliphatic heterocycles. The van der Waals surface area contributed by atoms with E-state index in [1.54, 1.807) is 12.1 Å². The standard InChI is InChI=1S/C24H22Cl2N6O7/c1-12(2)15-9-19(29-30-22(15)36-11-37-24(35)38-14-5-3-4-6-14)39-20-16(25)7-13(8-17(20)26)32-23(34)28-21(33)18(10-27)31-32/h7-9,12,14H,3-6,11H2,1-2H3,(H,28,33,34). The van der Waals surface area contributed by atoms with Gasteiger partial charge in [0.05, 0.1) is 15.7 Å². The molecule has 1 N–H and O–H groups in total. The summed E-state index contributed by atoms with van der Waals surface area (Å²) in [4.78, 5) is 37.6. The van der Waals surface area contributed by atoms with E-state index in [-0.39, 0.29) is 45.3 Å². The number of benzene rings is 1. The first-order valence-corrected chi connectivity index (χ1v) is 12.6. The molecule has 2 heterocycles. The molecule has 1 aliphatic carbocycles. The van der Waals surface area contributed by atoms with Crippen molar-refractivity contribution in [2.75, 3.05) is 6.79 Å². The van der Waals surface area contributed by atoms with Crippen LogP contribution < -0.4 is 20.7 Å². The molecule has 1 aliphatic rings. The summed E-state index contributed by atoms with van der Waals surface area (Å²) in [5, 5.41) is 20.7. The van der Waals surface area contributed by atoms with E-state index in [0.29, 0.717) is 5.56 Å².